The van der Waals surface area contributed by atoms with Crippen molar-refractivity contribution in [2.75, 3.05) is 0 Å². The van der Waals surface area contributed by atoms with Crippen molar-refractivity contribution in [3.05, 3.63) is 63.9 Å². The monoisotopic (exact) mass is 267 g/mol. The van der Waals surface area contributed by atoms with Crippen LogP contribution in [0.25, 0.3) is 0 Å². The average Bonchev–Trinajstić information content (AvgIpc) is 2.30. The van der Waals surface area contributed by atoms with Crippen molar-refractivity contribution < 1.29 is 5.11 Å². The molecule has 0 aliphatic heterocycles. The number of rotatable bonds is 3. The number of hydrogen-bond acceptors (Lipinski definition) is 2. The Bertz CT molecular complexity index is 502. The van der Waals surface area contributed by atoms with E-state index in [9.17, 15) is 5.11 Å². The minimum atomic E-state index is -0.637. The number of nitrogens with zero attached hydrogens (tertiary/aromatic N) is 1. The fourth-order valence-electron chi connectivity index (χ4n) is 1.62. The highest BCUT2D eigenvalue weighted by Gasteiger charge is 2.12. The molecular formula is C13H11Cl2NO. The standard InChI is InChI=1S/C13H11Cl2NO/c14-10-1-2-11(12(15)8-10)13(17)7-9-3-5-16-6-4-9/h1-6,8,13,17H,7H2. The van der Waals surface area contributed by atoms with E-state index in [1.54, 1.807) is 30.6 Å². The van der Waals surface area contributed by atoms with E-state index < -0.39 is 6.10 Å². The van der Waals surface area contributed by atoms with Gasteiger partial charge >= 0.3 is 0 Å². The smallest absolute Gasteiger partial charge is 0.0844 e. The topological polar surface area (TPSA) is 33.1 Å². The lowest BCUT2D eigenvalue weighted by molar-refractivity contribution is 0.178. The van der Waals surface area contributed by atoms with E-state index in [0.29, 0.717) is 22.0 Å². The van der Waals surface area contributed by atoms with Crippen LogP contribution in [0.5, 0.6) is 0 Å². The third-order valence-corrected chi connectivity index (χ3v) is 3.06. The van der Waals surface area contributed by atoms with Gasteiger partial charge in [0.25, 0.3) is 0 Å². The van der Waals surface area contributed by atoms with Gasteiger partial charge in [0.05, 0.1) is 6.10 Å². The van der Waals surface area contributed by atoms with Gasteiger partial charge in [-0.15, -0.1) is 0 Å². The Morgan fingerprint density at radius 1 is 1.12 bits per heavy atom. The molecule has 1 aromatic carbocycles. The molecule has 1 atom stereocenters. The van der Waals surface area contributed by atoms with E-state index >= 15 is 0 Å². The van der Waals surface area contributed by atoms with Crippen LogP contribution in [0.4, 0.5) is 0 Å². The summed E-state index contributed by atoms with van der Waals surface area (Å²) in [5, 5.41) is 11.1. The van der Waals surface area contributed by atoms with E-state index in [1.165, 1.54) is 0 Å². The van der Waals surface area contributed by atoms with Crippen molar-refractivity contribution in [1.82, 2.24) is 4.98 Å². The first-order chi connectivity index (χ1) is 8.16. The summed E-state index contributed by atoms with van der Waals surface area (Å²) in [4.78, 5) is 3.93. The highest BCUT2D eigenvalue weighted by molar-refractivity contribution is 6.35. The molecule has 2 nitrogen and oxygen atoms in total. The summed E-state index contributed by atoms with van der Waals surface area (Å²) in [6, 6.07) is 8.84. The Labute approximate surface area is 110 Å². The molecule has 1 unspecified atom stereocenters. The summed E-state index contributed by atoms with van der Waals surface area (Å²) in [6.07, 6.45) is 3.27. The van der Waals surface area contributed by atoms with E-state index in [-0.39, 0.29) is 0 Å². The van der Waals surface area contributed by atoms with Gasteiger partial charge < -0.3 is 5.11 Å². The molecule has 17 heavy (non-hydrogen) atoms. The van der Waals surface area contributed by atoms with E-state index in [4.69, 9.17) is 23.2 Å². The first-order valence-corrected chi connectivity index (χ1v) is 5.94. The van der Waals surface area contributed by atoms with E-state index in [0.717, 1.165) is 5.56 Å². The molecule has 2 rings (SSSR count). The van der Waals surface area contributed by atoms with Gasteiger partial charge in [-0.25, -0.2) is 0 Å². The summed E-state index contributed by atoms with van der Waals surface area (Å²) < 4.78 is 0. The summed E-state index contributed by atoms with van der Waals surface area (Å²) in [5.41, 5.74) is 1.70. The second kappa shape index (κ2) is 5.50. The van der Waals surface area contributed by atoms with Crippen LogP contribution in [-0.2, 0) is 6.42 Å². The largest absolute Gasteiger partial charge is 0.388 e. The van der Waals surface area contributed by atoms with Crippen molar-refractivity contribution in [2.45, 2.75) is 12.5 Å². The van der Waals surface area contributed by atoms with Crippen molar-refractivity contribution in [3.8, 4) is 0 Å². The average molecular weight is 268 g/mol. The normalized spacial score (nSPS) is 12.4. The molecule has 1 N–H and O–H groups in total. The number of pyridine rings is 1. The highest BCUT2D eigenvalue weighted by Crippen LogP contribution is 2.28. The maximum absolute atomic E-state index is 10.1. The molecule has 0 aliphatic carbocycles. The predicted molar refractivity (Wildman–Crippen MR) is 69.4 cm³/mol. The molecule has 1 heterocycles. The molecule has 2 aromatic rings. The molecule has 1 aromatic heterocycles. The summed E-state index contributed by atoms with van der Waals surface area (Å²) >= 11 is 11.8. The zero-order valence-electron chi connectivity index (χ0n) is 8.98. The maximum atomic E-state index is 10.1. The number of aliphatic hydroxyl groups is 1. The fourth-order valence-corrected chi connectivity index (χ4v) is 2.16. The van der Waals surface area contributed by atoms with Crippen LogP contribution < -0.4 is 0 Å². The fraction of sp³-hybridized carbons (Fsp3) is 0.154. The molecule has 0 fully saturated rings. The third kappa shape index (κ3) is 3.19. The lowest BCUT2D eigenvalue weighted by Gasteiger charge is -2.12. The quantitative estimate of drug-likeness (QED) is 0.921. The van der Waals surface area contributed by atoms with Gasteiger partial charge in [0.15, 0.2) is 0 Å². The lowest BCUT2D eigenvalue weighted by Crippen LogP contribution is -2.02. The molecule has 0 radical (unpaired) electrons. The minimum Gasteiger partial charge on any atom is -0.388 e. The van der Waals surface area contributed by atoms with Gasteiger partial charge in [-0.3, -0.25) is 4.98 Å². The molecule has 0 aliphatic rings. The van der Waals surface area contributed by atoms with E-state index in [2.05, 4.69) is 4.98 Å². The summed E-state index contributed by atoms with van der Waals surface area (Å²) in [6.45, 7) is 0. The predicted octanol–water partition coefficient (Wildman–Crippen LogP) is 3.66. The Hall–Kier alpha value is -1.09. The Morgan fingerprint density at radius 3 is 2.47 bits per heavy atom. The van der Waals surface area contributed by atoms with Gasteiger partial charge in [0.1, 0.15) is 0 Å². The Kier molecular flexibility index (Phi) is 4.00. The van der Waals surface area contributed by atoms with E-state index in [1.807, 2.05) is 12.1 Å². The molecular weight excluding hydrogens is 257 g/mol. The molecule has 0 saturated heterocycles. The molecule has 0 saturated carbocycles. The summed E-state index contributed by atoms with van der Waals surface area (Å²) in [7, 11) is 0. The minimum absolute atomic E-state index is 0.485. The van der Waals surface area contributed by atoms with Crippen molar-refractivity contribution >= 4 is 23.2 Å². The van der Waals surface area contributed by atoms with Crippen LogP contribution in [0.2, 0.25) is 10.0 Å². The first-order valence-electron chi connectivity index (χ1n) is 5.19. The van der Waals surface area contributed by atoms with Crippen LogP contribution in [0, 0.1) is 0 Å². The van der Waals surface area contributed by atoms with Gasteiger partial charge in [-0.1, -0.05) is 29.3 Å². The van der Waals surface area contributed by atoms with Gasteiger partial charge in [-0.05, 0) is 35.4 Å². The number of halogens is 2. The molecule has 0 amide bonds. The first kappa shape index (κ1) is 12.4. The SMILES string of the molecule is OC(Cc1ccncc1)c1ccc(Cl)cc1Cl. The van der Waals surface area contributed by atoms with Crippen LogP contribution in [0.15, 0.2) is 42.7 Å². The number of aliphatic hydroxyl groups excluding tert-OH is 1. The van der Waals surface area contributed by atoms with Crippen LogP contribution in [0.1, 0.15) is 17.2 Å². The third-order valence-electron chi connectivity index (χ3n) is 2.50. The zero-order valence-corrected chi connectivity index (χ0v) is 10.5. The van der Waals surface area contributed by atoms with Crippen molar-refractivity contribution in [2.24, 2.45) is 0 Å². The number of hydrogen-bond donors (Lipinski definition) is 1. The van der Waals surface area contributed by atoms with Gasteiger partial charge in [0, 0.05) is 28.9 Å². The number of benzene rings is 1. The molecule has 88 valence electrons. The van der Waals surface area contributed by atoms with Crippen LogP contribution in [0.3, 0.4) is 0 Å². The maximum Gasteiger partial charge on any atom is 0.0844 e. The second-order valence-electron chi connectivity index (χ2n) is 3.74. The molecule has 0 spiro atoms. The molecule has 0 bridgehead atoms. The lowest BCUT2D eigenvalue weighted by atomic mass is 10.0. The number of aromatic nitrogens is 1. The molecule has 4 heteroatoms. The summed E-state index contributed by atoms with van der Waals surface area (Å²) in [5.74, 6) is 0. The highest BCUT2D eigenvalue weighted by atomic mass is 35.5. The zero-order chi connectivity index (χ0) is 12.3. The van der Waals surface area contributed by atoms with Crippen LogP contribution in [-0.4, -0.2) is 10.1 Å². The second-order valence-corrected chi connectivity index (χ2v) is 4.58. The van der Waals surface area contributed by atoms with Gasteiger partial charge in [-0.2, -0.15) is 0 Å². The van der Waals surface area contributed by atoms with Gasteiger partial charge in [0.2, 0.25) is 0 Å². The van der Waals surface area contributed by atoms with Crippen LogP contribution >= 0.6 is 23.2 Å². The van der Waals surface area contributed by atoms with Crippen molar-refractivity contribution in [3.63, 3.8) is 0 Å². The van der Waals surface area contributed by atoms with Crippen molar-refractivity contribution in [1.29, 1.82) is 0 Å². The Morgan fingerprint density at radius 2 is 1.82 bits per heavy atom. The Balaban J connectivity index is 2.17.